The van der Waals surface area contributed by atoms with Crippen LogP contribution in [0.25, 0.3) is 11.0 Å². The maximum atomic E-state index is 6.03. The van der Waals surface area contributed by atoms with Gasteiger partial charge in [0.05, 0.1) is 11.0 Å². The van der Waals surface area contributed by atoms with Crippen molar-refractivity contribution in [1.29, 1.82) is 0 Å². The fourth-order valence-electron chi connectivity index (χ4n) is 2.31. The maximum Gasteiger partial charge on any atom is 0.111 e. The average molecular weight is 286 g/mol. The Morgan fingerprint density at radius 3 is 2.75 bits per heavy atom. The van der Waals surface area contributed by atoms with Crippen molar-refractivity contribution in [2.45, 2.75) is 6.42 Å². The van der Waals surface area contributed by atoms with Crippen molar-refractivity contribution in [2.75, 3.05) is 11.9 Å². The number of benzene rings is 2. The molecule has 3 rings (SSSR count). The molecule has 0 unspecified atom stereocenters. The van der Waals surface area contributed by atoms with Gasteiger partial charge in [0.15, 0.2) is 0 Å². The first kappa shape index (κ1) is 13.0. The van der Waals surface area contributed by atoms with Gasteiger partial charge in [0.25, 0.3) is 0 Å². The van der Waals surface area contributed by atoms with E-state index in [1.165, 1.54) is 0 Å². The Hall–Kier alpha value is -2.00. The van der Waals surface area contributed by atoms with E-state index in [1.54, 1.807) is 0 Å². The summed E-state index contributed by atoms with van der Waals surface area (Å²) in [4.78, 5) is 4.65. The minimum atomic E-state index is 0.745. The number of halogens is 1. The first-order valence-electron chi connectivity index (χ1n) is 6.64. The van der Waals surface area contributed by atoms with Crippen molar-refractivity contribution in [3.63, 3.8) is 0 Å². The lowest BCUT2D eigenvalue weighted by Crippen LogP contribution is -2.08. The summed E-state index contributed by atoms with van der Waals surface area (Å²) in [6.45, 7) is 0.856. The quantitative estimate of drug-likeness (QED) is 0.788. The van der Waals surface area contributed by atoms with Crippen LogP contribution in [0.2, 0.25) is 5.02 Å². The molecule has 0 spiro atoms. The highest BCUT2D eigenvalue weighted by molar-refractivity contribution is 6.31. The third kappa shape index (κ3) is 2.63. The second-order valence-corrected chi connectivity index (χ2v) is 5.20. The molecule has 20 heavy (non-hydrogen) atoms. The number of nitrogens with zero attached hydrogens (tertiary/aromatic N) is 2. The topological polar surface area (TPSA) is 29.9 Å². The van der Waals surface area contributed by atoms with Crippen LogP contribution in [0.15, 0.2) is 48.5 Å². The summed E-state index contributed by atoms with van der Waals surface area (Å²) in [5, 5.41) is 4.14. The molecular formula is C16H16ClN3. The zero-order valence-corrected chi connectivity index (χ0v) is 12.1. The minimum Gasteiger partial charge on any atom is -0.385 e. The molecule has 0 fully saturated rings. The Morgan fingerprint density at radius 2 is 1.95 bits per heavy atom. The van der Waals surface area contributed by atoms with E-state index in [9.17, 15) is 0 Å². The predicted molar refractivity (Wildman–Crippen MR) is 84.4 cm³/mol. The van der Waals surface area contributed by atoms with E-state index in [1.807, 2.05) is 43.4 Å². The molecule has 3 aromatic rings. The number of aryl methyl sites for hydroxylation is 1. The van der Waals surface area contributed by atoms with Crippen LogP contribution in [-0.2, 0) is 13.5 Å². The summed E-state index contributed by atoms with van der Waals surface area (Å²) in [6.07, 6.45) is 0.873. The molecule has 102 valence electrons. The molecule has 0 bridgehead atoms. The number of aromatic nitrogens is 2. The van der Waals surface area contributed by atoms with Crippen molar-refractivity contribution >= 4 is 28.3 Å². The van der Waals surface area contributed by atoms with Gasteiger partial charge in [-0.3, -0.25) is 0 Å². The van der Waals surface area contributed by atoms with E-state index in [0.29, 0.717) is 0 Å². The summed E-state index contributed by atoms with van der Waals surface area (Å²) in [6, 6.07) is 16.0. The van der Waals surface area contributed by atoms with Gasteiger partial charge < -0.3 is 9.88 Å². The first-order valence-corrected chi connectivity index (χ1v) is 7.01. The predicted octanol–water partition coefficient (Wildman–Crippen LogP) is 3.88. The van der Waals surface area contributed by atoms with Crippen molar-refractivity contribution in [2.24, 2.45) is 7.05 Å². The molecule has 3 nitrogen and oxygen atoms in total. The van der Waals surface area contributed by atoms with E-state index < -0.39 is 0 Å². The van der Waals surface area contributed by atoms with E-state index >= 15 is 0 Å². The number of rotatable bonds is 4. The number of hydrogen-bond acceptors (Lipinski definition) is 2. The fourth-order valence-corrected chi connectivity index (χ4v) is 2.48. The van der Waals surface area contributed by atoms with E-state index in [-0.39, 0.29) is 0 Å². The maximum absolute atomic E-state index is 6.03. The SMILES string of the molecule is Cn1c(CCNc2ccccc2)nc2ccc(Cl)cc21. The lowest BCUT2D eigenvalue weighted by molar-refractivity contribution is 0.808. The molecule has 0 aliphatic heterocycles. The molecule has 0 saturated carbocycles. The Labute approximate surface area is 123 Å². The molecule has 0 saturated heterocycles. The van der Waals surface area contributed by atoms with Gasteiger partial charge in [0, 0.05) is 30.7 Å². The Kier molecular flexibility index (Phi) is 3.61. The van der Waals surface area contributed by atoms with Gasteiger partial charge in [-0.25, -0.2) is 4.98 Å². The molecule has 1 heterocycles. The van der Waals surface area contributed by atoms with E-state index in [2.05, 4.69) is 27.0 Å². The highest BCUT2D eigenvalue weighted by Crippen LogP contribution is 2.20. The summed E-state index contributed by atoms with van der Waals surface area (Å²) in [5.41, 5.74) is 3.20. The van der Waals surface area contributed by atoms with Crippen LogP contribution in [0, 0.1) is 0 Å². The number of fused-ring (bicyclic) bond motifs is 1. The number of para-hydroxylation sites is 1. The zero-order chi connectivity index (χ0) is 13.9. The highest BCUT2D eigenvalue weighted by Gasteiger charge is 2.07. The lowest BCUT2D eigenvalue weighted by atomic mass is 10.3. The van der Waals surface area contributed by atoms with Crippen LogP contribution < -0.4 is 5.32 Å². The molecule has 0 amide bonds. The van der Waals surface area contributed by atoms with Crippen molar-refractivity contribution < 1.29 is 0 Å². The van der Waals surface area contributed by atoms with Crippen LogP contribution in [0.5, 0.6) is 0 Å². The Balaban J connectivity index is 1.73. The third-order valence-corrected chi connectivity index (χ3v) is 3.62. The molecular weight excluding hydrogens is 270 g/mol. The van der Waals surface area contributed by atoms with Crippen LogP contribution in [0.1, 0.15) is 5.82 Å². The molecule has 1 N–H and O–H groups in total. The smallest absolute Gasteiger partial charge is 0.111 e. The van der Waals surface area contributed by atoms with Crippen LogP contribution in [0.3, 0.4) is 0 Å². The molecule has 0 radical (unpaired) electrons. The van der Waals surface area contributed by atoms with E-state index in [4.69, 9.17) is 11.6 Å². The summed E-state index contributed by atoms with van der Waals surface area (Å²) in [5.74, 6) is 1.06. The second-order valence-electron chi connectivity index (χ2n) is 4.76. The molecule has 2 aromatic carbocycles. The van der Waals surface area contributed by atoms with Gasteiger partial charge in [-0.15, -0.1) is 0 Å². The van der Waals surface area contributed by atoms with Crippen LogP contribution >= 0.6 is 11.6 Å². The molecule has 1 aromatic heterocycles. The number of anilines is 1. The zero-order valence-electron chi connectivity index (χ0n) is 11.3. The Morgan fingerprint density at radius 1 is 1.15 bits per heavy atom. The first-order chi connectivity index (χ1) is 9.74. The lowest BCUT2D eigenvalue weighted by Gasteiger charge is -2.06. The summed E-state index contributed by atoms with van der Waals surface area (Å²) >= 11 is 6.03. The second kappa shape index (κ2) is 5.55. The van der Waals surface area contributed by atoms with Crippen molar-refractivity contribution in [1.82, 2.24) is 9.55 Å². The van der Waals surface area contributed by atoms with Gasteiger partial charge >= 0.3 is 0 Å². The molecule has 4 heteroatoms. The number of nitrogens with one attached hydrogen (secondary N) is 1. The Bertz CT molecular complexity index is 719. The molecule has 0 aliphatic carbocycles. The molecule has 0 atom stereocenters. The number of imidazole rings is 1. The highest BCUT2D eigenvalue weighted by atomic mass is 35.5. The summed E-state index contributed by atoms with van der Waals surface area (Å²) < 4.78 is 2.11. The van der Waals surface area contributed by atoms with Crippen LogP contribution in [-0.4, -0.2) is 16.1 Å². The molecule has 0 aliphatic rings. The third-order valence-electron chi connectivity index (χ3n) is 3.39. The largest absolute Gasteiger partial charge is 0.385 e. The summed E-state index contributed by atoms with van der Waals surface area (Å²) in [7, 11) is 2.03. The van der Waals surface area contributed by atoms with Gasteiger partial charge in [-0.05, 0) is 30.3 Å². The van der Waals surface area contributed by atoms with Gasteiger partial charge in [0.1, 0.15) is 5.82 Å². The van der Waals surface area contributed by atoms with Gasteiger partial charge in [-0.2, -0.15) is 0 Å². The van der Waals surface area contributed by atoms with Crippen molar-refractivity contribution in [3.8, 4) is 0 Å². The minimum absolute atomic E-state index is 0.745. The van der Waals surface area contributed by atoms with Crippen molar-refractivity contribution in [3.05, 3.63) is 59.4 Å². The van der Waals surface area contributed by atoms with Gasteiger partial charge in [-0.1, -0.05) is 29.8 Å². The normalized spacial score (nSPS) is 10.9. The van der Waals surface area contributed by atoms with Crippen LogP contribution in [0.4, 0.5) is 5.69 Å². The average Bonchev–Trinajstić information content (AvgIpc) is 2.77. The van der Waals surface area contributed by atoms with E-state index in [0.717, 1.165) is 40.5 Å². The number of hydrogen-bond donors (Lipinski definition) is 1. The monoisotopic (exact) mass is 285 g/mol. The van der Waals surface area contributed by atoms with Gasteiger partial charge in [0.2, 0.25) is 0 Å². The fraction of sp³-hybridized carbons (Fsp3) is 0.188. The standard InChI is InChI=1S/C16H16ClN3/c1-20-15-11-12(17)7-8-14(15)19-16(20)9-10-18-13-5-3-2-4-6-13/h2-8,11,18H,9-10H2,1H3.